The fourth-order valence-electron chi connectivity index (χ4n) is 2.48. The summed E-state index contributed by atoms with van der Waals surface area (Å²) in [6.45, 7) is 1.86. The third-order valence-electron chi connectivity index (χ3n) is 3.48. The maximum atomic E-state index is 5.69. The largest absolute Gasteiger partial charge is 0.368 e. The number of hydrogen-bond donors (Lipinski definition) is 2. The van der Waals surface area contributed by atoms with Crippen molar-refractivity contribution in [3.8, 4) is 0 Å². The molecule has 1 aromatic rings. The molecule has 5 heteroatoms. The molecule has 0 unspecified atom stereocenters. The Morgan fingerprint density at radius 3 is 2.78 bits per heavy atom. The smallest absolute Gasteiger partial charge is 0.221 e. The number of hydrogen-bond acceptors (Lipinski definition) is 5. The van der Waals surface area contributed by atoms with E-state index < -0.39 is 0 Å². The molecule has 5 nitrogen and oxygen atoms in total. The predicted octanol–water partition coefficient (Wildman–Crippen LogP) is 1.69. The lowest BCUT2D eigenvalue weighted by atomic mass is 10.00. The summed E-state index contributed by atoms with van der Waals surface area (Å²) >= 11 is 0. The van der Waals surface area contributed by atoms with Crippen LogP contribution in [0.2, 0.25) is 0 Å². The van der Waals surface area contributed by atoms with Gasteiger partial charge in [-0.15, -0.1) is 0 Å². The first kappa shape index (κ1) is 13.1. The van der Waals surface area contributed by atoms with Gasteiger partial charge in [0.05, 0.1) is 0 Å². The Morgan fingerprint density at radius 2 is 2.11 bits per heavy atom. The summed E-state index contributed by atoms with van der Waals surface area (Å²) in [6.07, 6.45) is 7.01. The molecule has 1 aliphatic rings. The van der Waals surface area contributed by atoms with Gasteiger partial charge in [0.1, 0.15) is 5.82 Å². The van der Waals surface area contributed by atoms with Crippen molar-refractivity contribution in [1.29, 1.82) is 0 Å². The number of nitrogen functional groups attached to an aromatic ring is 1. The minimum atomic E-state index is 0.351. The van der Waals surface area contributed by atoms with Crippen LogP contribution in [0.15, 0.2) is 6.20 Å². The minimum absolute atomic E-state index is 0.351. The molecule has 1 heterocycles. The normalized spacial score (nSPS) is 16.4. The van der Waals surface area contributed by atoms with E-state index in [1.807, 2.05) is 6.20 Å². The average Bonchev–Trinajstić information content (AvgIpc) is 2.82. The lowest BCUT2D eigenvalue weighted by molar-refractivity contribution is 0.425. The van der Waals surface area contributed by atoms with Crippen molar-refractivity contribution >= 4 is 11.8 Å². The highest BCUT2D eigenvalue weighted by molar-refractivity contribution is 5.48. The summed E-state index contributed by atoms with van der Waals surface area (Å²) in [5.41, 5.74) is 6.92. The lowest BCUT2D eigenvalue weighted by Gasteiger charge is -2.17. The van der Waals surface area contributed by atoms with Gasteiger partial charge in [0.25, 0.3) is 0 Å². The summed E-state index contributed by atoms with van der Waals surface area (Å²) in [7, 11) is 4.13. The van der Waals surface area contributed by atoms with Crippen LogP contribution >= 0.6 is 0 Å². The van der Waals surface area contributed by atoms with Crippen LogP contribution in [-0.2, 0) is 0 Å². The van der Waals surface area contributed by atoms with Crippen LogP contribution < -0.4 is 11.1 Å². The number of nitrogens with two attached hydrogens (primary N) is 1. The molecule has 0 bridgehead atoms. The van der Waals surface area contributed by atoms with Crippen LogP contribution in [0.4, 0.5) is 11.8 Å². The molecule has 0 aliphatic heterocycles. The molecule has 18 heavy (non-hydrogen) atoms. The van der Waals surface area contributed by atoms with Crippen molar-refractivity contribution in [2.75, 3.05) is 38.2 Å². The van der Waals surface area contributed by atoms with Crippen molar-refractivity contribution in [2.24, 2.45) is 0 Å². The van der Waals surface area contributed by atoms with E-state index in [0.717, 1.165) is 18.9 Å². The SMILES string of the molecule is CN(C)CCNc1nc(N)ncc1C1CCCC1. The van der Waals surface area contributed by atoms with E-state index in [9.17, 15) is 0 Å². The third kappa shape index (κ3) is 3.32. The zero-order valence-electron chi connectivity index (χ0n) is 11.3. The third-order valence-corrected chi connectivity index (χ3v) is 3.48. The van der Waals surface area contributed by atoms with Gasteiger partial charge in [0.2, 0.25) is 5.95 Å². The van der Waals surface area contributed by atoms with E-state index in [1.165, 1.54) is 31.2 Å². The van der Waals surface area contributed by atoms with Gasteiger partial charge in [-0.25, -0.2) is 4.98 Å². The molecular formula is C13H23N5. The lowest BCUT2D eigenvalue weighted by Crippen LogP contribution is -2.22. The molecule has 1 aromatic heterocycles. The van der Waals surface area contributed by atoms with Crippen LogP contribution in [0.1, 0.15) is 37.2 Å². The van der Waals surface area contributed by atoms with Gasteiger partial charge in [-0.05, 0) is 32.9 Å². The summed E-state index contributed by atoms with van der Waals surface area (Å²) in [4.78, 5) is 10.6. The molecule has 0 atom stereocenters. The predicted molar refractivity (Wildman–Crippen MR) is 74.7 cm³/mol. The first-order chi connectivity index (χ1) is 8.66. The molecule has 2 rings (SSSR count). The van der Waals surface area contributed by atoms with Gasteiger partial charge in [0.15, 0.2) is 0 Å². The van der Waals surface area contributed by atoms with Gasteiger partial charge in [-0.2, -0.15) is 4.98 Å². The van der Waals surface area contributed by atoms with Gasteiger partial charge in [-0.1, -0.05) is 12.8 Å². The fourth-order valence-corrected chi connectivity index (χ4v) is 2.48. The first-order valence-electron chi connectivity index (χ1n) is 6.68. The summed E-state index contributed by atoms with van der Waals surface area (Å²) < 4.78 is 0. The number of nitrogens with one attached hydrogen (secondary N) is 1. The van der Waals surface area contributed by atoms with Crippen LogP contribution in [0, 0.1) is 0 Å². The zero-order chi connectivity index (χ0) is 13.0. The highest BCUT2D eigenvalue weighted by Crippen LogP contribution is 2.36. The summed E-state index contributed by atoms with van der Waals surface area (Å²) in [6, 6.07) is 0. The average molecular weight is 249 g/mol. The van der Waals surface area contributed by atoms with Crippen LogP contribution in [0.5, 0.6) is 0 Å². The van der Waals surface area contributed by atoms with Crippen molar-refractivity contribution in [3.63, 3.8) is 0 Å². The van der Waals surface area contributed by atoms with Crippen molar-refractivity contribution < 1.29 is 0 Å². The molecule has 0 aromatic carbocycles. The molecule has 1 saturated carbocycles. The standard InChI is InChI=1S/C13H23N5/c1-18(2)8-7-15-12-11(9-16-13(14)17-12)10-5-3-4-6-10/h9-10H,3-8H2,1-2H3,(H3,14,15,16,17). The monoisotopic (exact) mass is 249 g/mol. The summed E-state index contributed by atoms with van der Waals surface area (Å²) in [5, 5.41) is 3.39. The Kier molecular flexibility index (Phi) is 4.36. The van der Waals surface area contributed by atoms with E-state index in [-0.39, 0.29) is 0 Å². The van der Waals surface area contributed by atoms with E-state index >= 15 is 0 Å². The Balaban J connectivity index is 2.07. The molecule has 1 fully saturated rings. The second-order valence-corrected chi connectivity index (χ2v) is 5.24. The number of aromatic nitrogens is 2. The zero-order valence-corrected chi connectivity index (χ0v) is 11.3. The van der Waals surface area contributed by atoms with Crippen LogP contribution in [0.3, 0.4) is 0 Å². The number of nitrogens with zero attached hydrogens (tertiary/aromatic N) is 3. The van der Waals surface area contributed by atoms with Crippen LogP contribution in [0.25, 0.3) is 0 Å². The van der Waals surface area contributed by atoms with Gasteiger partial charge in [-0.3, -0.25) is 0 Å². The van der Waals surface area contributed by atoms with E-state index in [4.69, 9.17) is 5.73 Å². The number of rotatable bonds is 5. The van der Waals surface area contributed by atoms with E-state index in [1.54, 1.807) is 0 Å². The van der Waals surface area contributed by atoms with Crippen LogP contribution in [-0.4, -0.2) is 42.1 Å². The van der Waals surface area contributed by atoms with Gasteiger partial charge in [0, 0.05) is 24.8 Å². The maximum Gasteiger partial charge on any atom is 0.221 e. The van der Waals surface area contributed by atoms with Crippen molar-refractivity contribution in [2.45, 2.75) is 31.6 Å². The summed E-state index contributed by atoms with van der Waals surface area (Å²) in [5.74, 6) is 1.88. The van der Waals surface area contributed by atoms with E-state index in [0.29, 0.717) is 11.9 Å². The Bertz CT molecular complexity index is 385. The highest BCUT2D eigenvalue weighted by Gasteiger charge is 2.21. The van der Waals surface area contributed by atoms with E-state index in [2.05, 4.69) is 34.3 Å². The fraction of sp³-hybridized carbons (Fsp3) is 0.692. The molecule has 0 amide bonds. The topological polar surface area (TPSA) is 67.1 Å². The van der Waals surface area contributed by atoms with Gasteiger partial charge >= 0.3 is 0 Å². The first-order valence-corrected chi connectivity index (χ1v) is 6.68. The second kappa shape index (κ2) is 6.00. The molecule has 1 aliphatic carbocycles. The maximum absolute atomic E-state index is 5.69. The Hall–Kier alpha value is -1.36. The molecule has 3 N–H and O–H groups in total. The minimum Gasteiger partial charge on any atom is -0.368 e. The number of anilines is 2. The molecule has 0 radical (unpaired) electrons. The molecule has 0 spiro atoms. The molecule has 100 valence electrons. The molecule has 0 saturated heterocycles. The second-order valence-electron chi connectivity index (χ2n) is 5.24. The van der Waals surface area contributed by atoms with Crippen molar-refractivity contribution in [3.05, 3.63) is 11.8 Å². The highest BCUT2D eigenvalue weighted by atomic mass is 15.1. The van der Waals surface area contributed by atoms with Crippen molar-refractivity contribution in [1.82, 2.24) is 14.9 Å². The number of likely N-dealkylation sites (N-methyl/N-ethyl adjacent to an activating group) is 1. The quantitative estimate of drug-likeness (QED) is 0.831. The van der Waals surface area contributed by atoms with Gasteiger partial charge < -0.3 is 16.0 Å². The Morgan fingerprint density at radius 1 is 1.39 bits per heavy atom. The Labute approximate surface area is 109 Å². The molecular weight excluding hydrogens is 226 g/mol.